The minimum absolute atomic E-state index is 0.0498. The molecule has 1 aliphatic rings. The van der Waals surface area contributed by atoms with Crippen LogP contribution in [0.4, 0.5) is 5.82 Å². The predicted octanol–water partition coefficient (Wildman–Crippen LogP) is 0.499. The van der Waals surface area contributed by atoms with Crippen molar-refractivity contribution in [1.82, 2.24) is 14.9 Å². The molecule has 17 heavy (non-hydrogen) atoms. The van der Waals surface area contributed by atoms with Gasteiger partial charge in [0.25, 0.3) is 0 Å². The van der Waals surface area contributed by atoms with Gasteiger partial charge in [-0.1, -0.05) is 0 Å². The van der Waals surface area contributed by atoms with Crippen LogP contribution in [-0.4, -0.2) is 53.2 Å². The second-order valence-corrected chi connectivity index (χ2v) is 4.73. The Morgan fingerprint density at radius 2 is 2.29 bits per heavy atom. The zero-order chi connectivity index (χ0) is 12.3. The first-order valence-corrected chi connectivity index (χ1v) is 6.04. The normalized spacial score (nSPS) is 20.9. The van der Waals surface area contributed by atoms with E-state index in [1.807, 2.05) is 0 Å². The topological polar surface area (TPSA) is 52.5 Å². The number of rotatable bonds is 3. The fourth-order valence-corrected chi connectivity index (χ4v) is 2.21. The van der Waals surface area contributed by atoms with Crippen molar-refractivity contribution in [3.05, 3.63) is 18.1 Å². The van der Waals surface area contributed by atoms with Crippen molar-refractivity contribution < 1.29 is 5.11 Å². The zero-order valence-electron chi connectivity index (χ0n) is 10.5. The smallest absolute Gasteiger partial charge is 0.147 e. The van der Waals surface area contributed by atoms with E-state index >= 15 is 0 Å². The second-order valence-electron chi connectivity index (χ2n) is 4.73. The van der Waals surface area contributed by atoms with Crippen LogP contribution in [0.1, 0.15) is 18.5 Å². The summed E-state index contributed by atoms with van der Waals surface area (Å²) in [6.07, 6.45) is 5.79. The highest BCUT2D eigenvalue weighted by atomic mass is 16.3. The summed E-state index contributed by atoms with van der Waals surface area (Å²) in [6, 6.07) is 0.573. The first-order valence-electron chi connectivity index (χ1n) is 6.04. The first-order chi connectivity index (χ1) is 8.20. The fraction of sp³-hybridized carbons (Fsp3) is 0.667. The average molecular weight is 236 g/mol. The maximum Gasteiger partial charge on any atom is 0.147 e. The maximum absolute atomic E-state index is 9.07. The molecule has 0 aromatic carbocycles. The largest absolute Gasteiger partial charge is 0.390 e. The van der Waals surface area contributed by atoms with E-state index in [2.05, 4.69) is 33.9 Å². The molecule has 1 N–H and O–H groups in total. The van der Waals surface area contributed by atoms with Crippen LogP contribution in [0.15, 0.2) is 12.4 Å². The van der Waals surface area contributed by atoms with Crippen molar-refractivity contribution in [1.29, 1.82) is 0 Å². The second kappa shape index (κ2) is 5.42. The monoisotopic (exact) mass is 236 g/mol. The molecule has 1 atom stereocenters. The standard InChI is InChI=1S/C12H20N4O/c1-15(2)11-4-3-5-16(8-11)12-7-13-6-10(9-17)14-12/h6-7,11,17H,3-5,8-9H2,1-2H3. The zero-order valence-corrected chi connectivity index (χ0v) is 10.5. The van der Waals surface area contributed by atoms with Crippen LogP contribution in [0.3, 0.4) is 0 Å². The first kappa shape index (κ1) is 12.3. The molecule has 0 aliphatic carbocycles. The minimum atomic E-state index is -0.0498. The van der Waals surface area contributed by atoms with Crippen LogP contribution in [-0.2, 0) is 6.61 Å². The Morgan fingerprint density at radius 3 is 3.00 bits per heavy atom. The summed E-state index contributed by atoms with van der Waals surface area (Å²) in [6.45, 7) is 1.95. The summed E-state index contributed by atoms with van der Waals surface area (Å²) >= 11 is 0. The molecule has 0 radical (unpaired) electrons. The number of hydrogen-bond donors (Lipinski definition) is 1. The molecule has 1 saturated heterocycles. The lowest BCUT2D eigenvalue weighted by molar-refractivity contribution is 0.256. The van der Waals surface area contributed by atoms with Crippen molar-refractivity contribution in [2.45, 2.75) is 25.5 Å². The molecule has 2 rings (SSSR count). The quantitative estimate of drug-likeness (QED) is 0.828. The molecule has 94 valence electrons. The molecule has 0 bridgehead atoms. The van der Waals surface area contributed by atoms with Crippen molar-refractivity contribution in [3.8, 4) is 0 Å². The van der Waals surface area contributed by atoms with Gasteiger partial charge < -0.3 is 14.9 Å². The van der Waals surface area contributed by atoms with Gasteiger partial charge in [0.2, 0.25) is 0 Å². The van der Waals surface area contributed by atoms with Gasteiger partial charge in [0, 0.05) is 19.1 Å². The van der Waals surface area contributed by atoms with Gasteiger partial charge in [-0.15, -0.1) is 0 Å². The number of likely N-dealkylation sites (N-methyl/N-ethyl adjacent to an activating group) is 1. The van der Waals surface area contributed by atoms with E-state index in [1.165, 1.54) is 12.8 Å². The van der Waals surface area contributed by atoms with E-state index in [0.717, 1.165) is 18.9 Å². The van der Waals surface area contributed by atoms with E-state index in [1.54, 1.807) is 12.4 Å². The molecule has 1 unspecified atom stereocenters. The summed E-state index contributed by atoms with van der Waals surface area (Å²) in [5, 5.41) is 9.07. The highest BCUT2D eigenvalue weighted by Crippen LogP contribution is 2.19. The summed E-state index contributed by atoms with van der Waals surface area (Å²) in [5.41, 5.74) is 0.634. The molecule has 5 heteroatoms. The Hall–Kier alpha value is -1.20. The molecular weight excluding hydrogens is 216 g/mol. The van der Waals surface area contributed by atoms with Gasteiger partial charge in [-0.3, -0.25) is 4.98 Å². The van der Waals surface area contributed by atoms with Crippen LogP contribution in [0.5, 0.6) is 0 Å². The summed E-state index contributed by atoms with van der Waals surface area (Å²) in [5.74, 6) is 0.878. The highest BCUT2D eigenvalue weighted by molar-refractivity contribution is 5.37. The molecule has 1 fully saturated rings. The fourth-order valence-electron chi connectivity index (χ4n) is 2.21. The third-order valence-electron chi connectivity index (χ3n) is 3.28. The Kier molecular flexibility index (Phi) is 3.91. The minimum Gasteiger partial charge on any atom is -0.390 e. The highest BCUT2D eigenvalue weighted by Gasteiger charge is 2.22. The Bertz CT molecular complexity index is 369. The van der Waals surface area contributed by atoms with Gasteiger partial charge in [-0.25, -0.2) is 4.98 Å². The third kappa shape index (κ3) is 2.92. The van der Waals surface area contributed by atoms with Gasteiger partial charge in [-0.2, -0.15) is 0 Å². The molecule has 0 spiro atoms. The number of aliphatic hydroxyl groups excluding tert-OH is 1. The van der Waals surface area contributed by atoms with Gasteiger partial charge in [0.1, 0.15) is 5.82 Å². The van der Waals surface area contributed by atoms with Gasteiger partial charge in [0.15, 0.2) is 0 Å². The molecule has 0 saturated carbocycles. The lowest BCUT2D eigenvalue weighted by Gasteiger charge is -2.36. The lowest BCUT2D eigenvalue weighted by Crippen LogP contribution is -2.45. The van der Waals surface area contributed by atoms with Crippen molar-refractivity contribution in [3.63, 3.8) is 0 Å². The average Bonchev–Trinajstić information content (AvgIpc) is 2.39. The Labute approximate surface area is 102 Å². The number of aromatic nitrogens is 2. The van der Waals surface area contributed by atoms with E-state index in [-0.39, 0.29) is 6.61 Å². The van der Waals surface area contributed by atoms with Gasteiger partial charge in [-0.05, 0) is 26.9 Å². The van der Waals surface area contributed by atoms with E-state index in [4.69, 9.17) is 5.11 Å². The molecule has 2 heterocycles. The summed E-state index contributed by atoms with van der Waals surface area (Å²) in [4.78, 5) is 13.0. The van der Waals surface area contributed by atoms with Crippen molar-refractivity contribution in [2.75, 3.05) is 32.1 Å². The number of piperidine rings is 1. The van der Waals surface area contributed by atoms with Crippen molar-refractivity contribution >= 4 is 5.82 Å². The van der Waals surface area contributed by atoms with E-state index in [9.17, 15) is 0 Å². The Balaban J connectivity index is 2.10. The SMILES string of the molecule is CN(C)C1CCCN(c2cncc(CO)n2)C1. The Morgan fingerprint density at radius 1 is 1.47 bits per heavy atom. The maximum atomic E-state index is 9.07. The van der Waals surface area contributed by atoms with E-state index in [0.29, 0.717) is 11.7 Å². The number of aliphatic hydroxyl groups is 1. The summed E-state index contributed by atoms with van der Waals surface area (Å²) < 4.78 is 0. The van der Waals surface area contributed by atoms with Crippen LogP contribution in [0, 0.1) is 0 Å². The van der Waals surface area contributed by atoms with Gasteiger partial charge >= 0.3 is 0 Å². The number of anilines is 1. The molecule has 1 aromatic rings. The lowest BCUT2D eigenvalue weighted by atomic mass is 10.1. The van der Waals surface area contributed by atoms with Crippen LogP contribution < -0.4 is 4.90 Å². The van der Waals surface area contributed by atoms with Gasteiger partial charge in [0.05, 0.1) is 24.7 Å². The summed E-state index contributed by atoms with van der Waals surface area (Å²) in [7, 11) is 4.23. The third-order valence-corrected chi connectivity index (χ3v) is 3.28. The van der Waals surface area contributed by atoms with Crippen LogP contribution in [0.2, 0.25) is 0 Å². The molecule has 1 aliphatic heterocycles. The van der Waals surface area contributed by atoms with Crippen LogP contribution in [0.25, 0.3) is 0 Å². The van der Waals surface area contributed by atoms with Crippen molar-refractivity contribution in [2.24, 2.45) is 0 Å². The molecule has 1 aromatic heterocycles. The predicted molar refractivity (Wildman–Crippen MR) is 66.9 cm³/mol. The van der Waals surface area contributed by atoms with E-state index < -0.39 is 0 Å². The number of hydrogen-bond acceptors (Lipinski definition) is 5. The molecule has 5 nitrogen and oxygen atoms in total. The molecule has 0 amide bonds. The molecular formula is C12H20N4O. The number of nitrogens with zero attached hydrogens (tertiary/aromatic N) is 4. The van der Waals surface area contributed by atoms with Crippen LogP contribution >= 0.6 is 0 Å².